The Kier molecular flexibility index (Phi) is 10.9. The van der Waals surface area contributed by atoms with Crippen LogP contribution in [0.25, 0.3) is 77.5 Å². The van der Waals surface area contributed by atoms with Crippen molar-refractivity contribution in [3.8, 4) is 33.6 Å². The Morgan fingerprint density at radius 2 is 1.46 bits per heavy atom. The monoisotopic (exact) mass is 1020 g/mol. The van der Waals surface area contributed by atoms with Gasteiger partial charge in [0.05, 0.1) is 5.58 Å². The molecule has 1 radical (unpaired) electrons. The third kappa shape index (κ3) is 7.72. The van der Waals surface area contributed by atoms with Gasteiger partial charge in [0.15, 0.2) is 0 Å². The Balaban J connectivity index is 0.000000163. The van der Waals surface area contributed by atoms with Crippen molar-refractivity contribution < 1.29 is 33.3 Å². The molecule has 3 aliphatic rings. The van der Waals surface area contributed by atoms with Crippen LogP contribution >= 0.6 is 0 Å². The molecule has 3 aliphatic carbocycles. The van der Waals surface area contributed by atoms with Crippen molar-refractivity contribution in [3.63, 3.8) is 0 Å². The number of fused-ring (bicyclic) bond motifs is 9. The molecule has 2 bridgehead atoms. The Morgan fingerprint density at radius 3 is 2.22 bits per heavy atom. The molecule has 12 rings (SSSR count). The van der Waals surface area contributed by atoms with Crippen LogP contribution in [0.3, 0.4) is 0 Å². The molecule has 4 aromatic heterocycles. The van der Waals surface area contributed by atoms with Crippen LogP contribution < -0.4 is 4.40 Å². The molecule has 1 unspecified atom stereocenters. The molecule has 0 amide bonds. The molecule has 0 N–H and O–H groups in total. The second kappa shape index (κ2) is 16.3. The molecule has 4 heterocycles. The Hall–Kier alpha value is -4.88. The Labute approximate surface area is 361 Å². The minimum Gasteiger partial charge on any atom is 0 e. The number of rotatable bonds is 6. The average molecular weight is 1010 g/mol. The molecule has 4 nitrogen and oxygen atoms in total. The summed E-state index contributed by atoms with van der Waals surface area (Å²) in [6.07, 6.45) is 12.0. The van der Waals surface area contributed by atoms with Crippen molar-refractivity contribution in [2.45, 2.75) is 55.8 Å². The summed E-state index contributed by atoms with van der Waals surface area (Å²) in [4.78, 5) is 9.34. The number of nitrogens with zero attached hydrogens (tertiary/aromatic N) is 2. The molecule has 0 spiro atoms. The van der Waals surface area contributed by atoms with Crippen molar-refractivity contribution in [1.82, 2.24) is 9.97 Å². The number of halogens is 1. The van der Waals surface area contributed by atoms with E-state index in [0.717, 1.165) is 85.1 Å². The predicted molar refractivity (Wildman–Crippen MR) is 237 cm³/mol. The minimum atomic E-state index is -1.83. The van der Waals surface area contributed by atoms with Gasteiger partial charge in [-0.25, -0.2) is 0 Å². The summed E-state index contributed by atoms with van der Waals surface area (Å²) in [6, 6.07) is 44.7. The van der Waals surface area contributed by atoms with Crippen molar-refractivity contribution in [3.05, 3.63) is 151 Å². The van der Waals surface area contributed by atoms with Gasteiger partial charge >= 0.3 is 138 Å². The molecule has 3 fully saturated rings. The normalized spacial score (nSPS) is 17.6. The quantitative estimate of drug-likeness (QED) is 0.123. The maximum absolute atomic E-state index is 15.1. The van der Waals surface area contributed by atoms with Gasteiger partial charge in [-0.3, -0.25) is 4.39 Å². The van der Waals surface area contributed by atoms with E-state index < -0.39 is 13.3 Å². The molecule has 0 aliphatic heterocycles. The summed E-state index contributed by atoms with van der Waals surface area (Å²) < 4.78 is 28.9. The smallest absolute Gasteiger partial charge is 0 e. The molecular weight excluding hydrogens is 968 g/mol. The number of hydrogen-bond donors (Lipinski definition) is 0. The average Bonchev–Trinajstić information content (AvgIpc) is 3.84. The fourth-order valence-corrected chi connectivity index (χ4v) is 11.6. The van der Waals surface area contributed by atoms with Crippen molar-refractivity contribution in [2.75, 3.05) is 0 Å². The van der Waals surface area contributed by atoms with E-state index >= 15 is 4.39 Å². The largest absolute Gasteiger partial charge is 0 e. The molecule has 59 heavy (non-hydrogen) atoms. The van der Waals surface area contributed by atoms with Gasteiger partial charge in [0.1, 0.15) is 5.58 Å². The maximum Gasteiger partial charge on any atom is 0 e. The Bertz CT molecular complexity index is 2930. The van der Waals surface area contributed by atoms with E-state index in [1.54, 1.807) is 0 Å². The third-order valence-corrected chi connectivity index (χ3v) is 16.9. The van der Waals surface area contributed by atoms with E-state index in [1.165, 1.54) is 48.1 Å². The zero-order chi connectivity index (χ0) is 39.4. The number of furan rings is 2. The van der Waals surface area contributed by atoms with Gasteiger partial charge in [0.2, 0.25) is 0 Å². The first-order valence-electron chi connectivity index (χ1n) is 20.6. The summed E-state index contributed by atoms with van der Waals surface area (Å²) in [5.41, 5.74) is 9.80. The zero-order valence-electron chi connectivity index (χ0n) is 33.5. The van der Waals surface area contributed by atoms with Crippen LogP contribution in [0, 0.1) is 35.7 Å². The number of pyridine rings is 2. The van der Waals surface area contributed by atoms with Crippen LogP contribution in [0.1, 0.15) is 37.7 Å². The summed E-state index contributed by atoms with van der Waals surface area (Å²) in [6.45, 7) is 0. The van der Waals surface area contributed by atoms with Crippen LogP contribution in [-0.2, 0) is 26.5 Å². The van der Waals surface area contributed by atoms with E-state index in [0.29, 0.717) is 16.6 Å². The molecule has 7 heteroatoms. The minimum absolute atomic E-state index is 0. The topological polar surface area (TPSA) is 52.1 Å². The van der Waals surface area contributed by atoms with Crippen LogP contribution in [0.2, 0.25) is 17.3 Å². The molecule has 297 valence electrons. The van der Waals surface area contributed by atoms with Gasteiger partial charge in [0, 0.05) is 37.5 Å². The second-order valence-electron chi connectivity index (χ2n) is 17.3. The number of aromatic nitrogens is 2. The van der Waals surface area contributed by atoms with Gasteiger partial charge in [-0.05, 0) is 83.8 Å². The van der Waals surface area contributed by atoms with E-state index in [4.69, 9.17) is 13.8 Å². The molecule has 0 saturated heterocycles. The molecule has 5 aromatic carbocycles. The predicted octanol–water partition coefficient (Wildman–Crippen LogP) is 13.6. The standard InChI is InChI=1S/C32H27FNO.C20H18GeNO.Ir/c33-28-12-11-26(29-18-21(14-15-34-29)17-25-16-20-6-8-23(25)9-7-20)32-31(28)27-19-24(10-13-30(27)35-32)22-4-2-1-3-5-22;1-21(2,3)14-11-12-18(22-13-14)17-9-6-8-16-15-7-4-5-10-19(15)23-20(16)17;/h1-5,10,12-15,18-20,23,25H,6-9,16-17H2;4-8,10-13H,1-3H3;/q2*-1;. The van der Waals surface area contributed by atoms with Gasteiger partial charge in [-0.2, -0.15) is 0 Å². The third-order valence-electron chi connectivity index (χ3n) is 12.6. The first kappa shape index (κ1) is 39.6. The van der Waals surface area contributed by atoms with Gasteiger partial charge in [0.25, 0.3) is 0 Å². The van der Waals surface area contributed by atoms with Crippen LogP contribution in [-0.4, -0.2) is 23.2 Å². The van der Waals surface area contributed by atoms with Crippen molar-refractivity contribution in [1.29, 1.82) is 0 Å². The molecule has 1 atom stereocenters. The van der Waals surface area contributed by atoms with Gasteiger partial charge in [-0.1, -0.05) is 66.4 Å². The summed E-state index contributed by atoms with van der Waals surface area (Å²) >= 11 is -1.83. The summed E-state index contributed by atoms with van der Waals surface area (Å²) in [5.74, 6) is 9.39. The first-order chi connectivity index (χ1) is 28.3. The van der Waals surface area contributed by atoms with Gasteiger partial charge < -0.3 is 9.40 Å². The first-order valence-corrected chi connectivity index (χ1v) is 28.0. The van der Waals surface area contributed by atoms with E-state index in [9.17, 15) is 0 Å². The van der Waals surface area contributed by atoms with E-state index in [-0.39, 0.29) is 25.9 Å². The number of benzene rings is 5. The SMILES string of the molecule is Fc1c[c-]c(-c2cc(CC3CC4CCC3CC4)ccn2)c2oc3ccc(-c4ccccc4)cc3c12.[CH3][Ge]([CH3])([CH3])[c]1ccc(-c2[c-]ccc3c2oc2ccccc23)nc1.[Ir]. The Morgan fingerprint density at radius 1 is 0.695 bits per heavy atom. The summed E-state index contributed by atoms with van der Waals surface area (Å²) in [7, 11) is 0. The van der Waals surface area contributed by atoms with Crippen molar-refractivity contribution >= 4 is 61.5 Å². The molecule has 3 saturated carbocycles. The zero-order valence-corrected chi connectivity index (χ0v) is 38.0. The van der Waals surface area contributed by atoms with Gasteiger partial charge in [-0.15, -0.1) is 12.1 Å². The second-order valence-corrected chi connectivity index (χ2v) is 28.0. The fourth-order valence-electron chi connectivity index (χ4n) is 9.46. The fraction of sp³-hybridized carbons (Fsp3) is 0.231. The maximum atomic E-state index is 15.1. The van der Waals surface area contributed by atoms with E-state index in [1.807, 2.05) is 73.1 Å². The van der Waals surface area contributed by atoms with Crippen LogP contribution in [0.4, 0.5) is 4.39 Å². The number of para-hydroxylation sites is 1. The summed E-state index contributed by atoms with van der Waals surface area (Å²) in [5, 5.41) is 3.54. The van der Waals surface area contributed by atoms with Crippen LogP contribution in [0.15, 0.2) is 136 Å². The van der Waals surface area contributed by atoms with Crippen molar-refractivity contribution in [2.24, 2.45) is 17.8 Å². The van der Waals surface area contributed by atoms with Crippen LogP contribution in [0.5, 0.6) is 0 Å². The molecular formula is C52H45FGeIrN2O2-2. The molecule has 9 aromatic rings. The number of hydrogen-bond acceptors (Lipinski definition) is 4. The van der Waals surface area contributed by atoms with E-state index in [2.05, 4.69) is 82.9 Å².